The van der Waals surface area contributed by atoms with Crippen molar-refractivity contribution in [1.29, 1.82) is 0 Å². The van der Waals surface area contributed by atoms with E-state index in [4.69, 9.17) is 9.15 Å². The molecule has 0 aliphatic rings. The molecule has 1 amide bonds. The lowest BCUT2D eigenvalue weighted by Gasteiger charge is -2.06. The summed E-state index contributed by atoms with van der Waals surface area (Å²) in [4.78, 5) is 22.2. The third kappa shape index (κ3) is 4.94. The van der Waals surface area contributed by atoms with Crippen molar-refractivity contribution in [2.24, 2.45) is 5.10 Å². The fourth-order valence-corrected chi connectivity index (χ4v) is 2.93. The predicted octanol–water partition coefficient (Wildman–Crippen LogP) is 4.54. The maximum Gasteiger partial charge on any atom is 0.277 e. The molecule has 0 aliphatic carbocycles. The van der Waals surface area contributed by atoms with Gasteiger partial charge in [0, 0.05) is 17.7 Å². The third-order valence-electron chi connectivity index (χ3n) is 4.46. The SMILES string of the molecule is O=C(COc1ccc2ccccc2c1)NN=Cc1ccc(-c2ccc([N+](=O)[O-])cc2)o1. The van der Waals surface area contributed by atoms with E-state index in [0.717, 1.165) is 10.8 Å². The van der Waals surface area contributed by atoms with Crippen molar-refractivity contribution in [3.63, 3.8) is 0 Å². The number of ether oxygens (including phenoxy) is 1. The van der Waals surface area contributed by atoms with Crippen molar-refractivity contribution >= 4 is 28.6 Å². The molecular weight excluding hydrogens is 398 g/mol. The Kier molecular flexibility index (Phi) is 5.70. The van der Waals surface area contributed by atoms with Crippen LogP contribution in [0.4, 0.5) is 5.69 Å². The van der Waals surface area contributed by atoms with Crippen molar-refractivity contribution < 1.29 is 18.9 Å². The van der Waals surface area contributed by atoms with E-state index < -0.39 is 10.8 Å². The zero-order valence-corrected chi connectivity index (χ0v) is 16.2. The Hall–Kier alpha value is -4.46. The molecule has 1 heterocycles. The molecule has 0 radical (unpaired) electrons. The van der Waals surface area contributed by atoms with Gasteiger partial charge in [0.15, 0.2) is 6.61 Å². The highest BCUT2D eigenvalue weighted by atomic mass is 16.6. The van der Waals surface area contributed by atoms with Gasteiger partial charge in [0.2, 0.25) is 0 Å². The second-order valence-electron chi connectivity index (χ2n) is 6.60. The summed E-state index contributed by atoms with van der Waals surface area (Å²) < 4.78 is 11.1. The van der Waals surface area contributed by atoms with Gasteiger partial charge in [-0.15, -0.1) is 0 Å². The molecule has 0 atom stereocenters. The molecule has 0 spiro atoms. The van der Waals surface area contributed by atoms with Gasteiger partial charge in [-0.3, -0.25) is 14.9 Å². The monoisotopic (exact) mass is 415 g/mol. The van der Waals surface area contributed by atoms with Gasteiger partial charge in [0.05, 0.1) is 11.1 Å². The van der Waals surface area contributed by atoms with Crippen LogP contribution >= 0.6 is 0 Å². The highest BCUT2D eigenvalue weighted by molar-refractivity contribution is 5.84. The van der Waals surface area contributed by atoms with Crippen LogP contribution in [0.15, 0.2) is 88.4 Å². The average Bonchev–Trinajstić information content (AvgIpc) is 3.26. The van der Waals surface area contributed by atoms with Crippen molar-refractivity contribution in [2.75, 3.05) is 6.61 Å². The Morgan fingerprint density at radius 1 is 1.03 bits per heavy atom. The number of benzene rings is 3. The Morgan fingerprint density at radius 2 is 1.81 bits per heavy atom. The lowest BCUT2D eigenvalue weighted by atomic mass is 10.1. The third-order valence-corrected chi connectivity index (χ3v) is 4.46. The Morgan fingerprint density at radius 3 is 2.58 bits per heavy atom. The standard InChI is InChI=1S/C23H17N3O5/c27-23(15-30-20-10-7-16-3-1-2-4-18(16)13-20)25-24-14-21-11-12-22(31-21)17-5-8-19(9-6-17)26(28)29/h1-14H,15H2,(H,25,27). The summed E-state index contributed by atoms with van der Waals surface area (Å²) in [6.45, 7) is -0.179. The summed E-state index contributed by atoms with van der Waals surface area (Å²) >= 11 is 0. The van der Waals surface area contributed by atoms with Crippen LogP contribution in [0.5, 0.6) is 5.75 Å². The fraction of sp³-hybridized carbons (Fsp3) is 0.0435. The minimum Gasteiger partial charge on any atom is -0.484 e. The maximum absolute atomic E-state index is 11.9. The van der Waals surface area contributed by atoms with Gasteiger partial charge in [-0.2, -0.15) is 5.10 Å². The van der Waals surface area contributed by atoms with Crippen LogP contribution in [0.1, 0.15) is 5.76 Å². The van der Waals surface area contributed by atoms with Crippen LogP contribution in [0.3, 0.4) is 0 Å². The molecule has 8 heteroatoms. The van der Waals surface area contributed by atoms with Crippen molar-refractivity contribution in [2.45, 2.75) is 0 Å². The number of nitro groups is 1. The Bertz CT molecular complexity index is 1260. The quantitative estimate of drug-likeness (QED) is 0.271. The summed E-state index contributed by atoms with van der Waals surface area (Å²) in [5.74, 6) is 1.13. The molecule has 0 saturated carbocycles. The van der Waals surface area contributed by atoms with Crippen LogP contribution in [-0.2, 0) is 4.79 Å². The Labute approximate surface area is 176 Å². The zero-order valence-electron chi connectivity index (χ0n) is 16.2. The van der Waals surface area contributed by atoms with E-state index in [1.54, 1.807) is 30.3 Å². The van der Waals surface area contributed by atoms with E-state index in [1.807, 2.05) is 36.4 Å². The molecule has 4 aromatic rings. The predicted molar refractivity (Wildman–Crippen MR) is 116 cm³/mol. The molecule has 0 fully saturated rings. The highest BCUT2D eigenvalue weighted by Crippen LogP contribution is 2.24. The van der Waals surface area contributed by atoms with Crippen LogP contribution in [0.2, 0.25) is 0 Å². The average molecular weight is 415 g/mol. The van der Waals surface area contributed by atoms with Gasteiger partial charge in [-0.25, -0.2) is 5.43 Å². The van der Waals surface area contributed by atoms with Gasteiger partial charge in [0.25, 0.3) is 11.6 Å². The number of nitro benzene ring substituents is 1. The molecule has 0 unspecified atom stereocenters. The number of nitrogens with one attached hydrogen (secondary N) is 1. The molecule has 3 aromatic carbocycles. The van der Waals surface area contributed by atoms with E-state index in [-0.39, 0.29) is 12.3 Å². The van der Waals surface area contributed by atoms with Gasteiger partial charge in [-0.05, 0) is 47.2 Å². The number of furan rings is 1. The molecule has 31 heavy (non-hydrogen) atoms. The summed E-state index contributed by atoms with van der Waals surface area (Å²) in [5.41, 5.74) is 3.08. The minimum absolute atomic E-state index is 0.00529. The zero-order chi connectivity index (χ0) is 21.6. The Balaban J connectivity index is 1.30. The molecule has 1 N–H and O–H groups in total. The molecule has 0 bridgehead atoms. The second kappa shape index (κ2) is 8.91. The van der Waals surface area contributed by atoms with E-state index in [1.165, 1.54) is 18.3 Å². The van der Waals surface area contributed by atoms with Crippen LogP contribution in [0.25, 0.3) is 22.1 Å². The number of hydrazone groups is 1. The number of fused-ring (bicyclic) bond motifs is 1. The first-order valence-corrected chi connectivity index (χ1v) is 9.37. The number of carbonyl (C=O) groups excluding carboxylic acids is 1. The number of amides is 1. The van der Waals surface area contributed by atoms with Crippen molar-refractivity contribution in [3.8, 4) is 17.1 Å². The molecule has 154 valence electrons. The first-order valence-electron chi connectivity index (χ1n) is 9.37. The van der Waals surface area contributed by atoms with E-state index in [9.17, 15) is 14.9 Å². The number of hydrogen-bond donors (Lipinski definition) is 1. The van der Waals surface area contributed by atoms with E-state index in [0.29, 0.717) is 22.8 Å². The second-order valence-corrected chi connectivity index (χ2v) is 6.60. The number of nitrogens with zero attached hydrogens (tertiary/aromatic N) is 2. The van der Waals surface area contributed by atoms with Gasteiger partial charge >= 0.3 is 0 Å². The molecular formula is C23H17N3O5. The summed E-state index contributed by atoms with van der Waals surface area (Å²) in [5, 5.41) is 16.7. The van der Waals surface area contributed by atoms with Gasteiger partial charge in [0.1, 0.15) is 17.3 Å². The topological polar surface area (TPSA) is 107 Å². The van der Waals surface area contributed by atoms with Crippen LogP contribution in [0, 0.1) is 10.1 Å². The molecule has 0 aliphatic heterocycles. The number of carbonyl (C=O) groups is 1. The summed E-state index contributed by atoms with van der Waals surface area (Å²) in [6.07, 6.45) is 1.36. The fourth-order valence-electron chi connectivity index (χ4n) is 2.93. The summed E-state index contributed by atoms with van der Waals surface area (Å²) in [6, 6.07) is 22.9. The van der Waals surface area contributed by atoms with E-state index >= 15 is 0 Å². The maximum atomic E-state index is 11.9. The number of rotatable bonds is 7. The first-order chi connectivity index (χ1) is 15.1. The smallest absolute Gasteiger partial charge is 0.277 e. The molecule has 8 nitrogen and oxygen atoms in total. The van der Waals surface area contributed by atoms with Crippen molar-refractivity contribution in [3.05, 3.63) is 94.7 Å². The highest BCUT2D eigenvalue weighted by Gasteiger charge is 2.08. The van der Waals surface area contributed by atoms with Crippen LogP contribution in [-0.4, -0.2) is 23.7 Å². The number of non-ortho nitro benzene ring substituents is 1. The lowest BCUT2D eigenvalue weighted by Crippen LogP contribution is -2.24. The summed E-state index contributed by atoms with van der Waals surface area (Å²) in [7, 11) is 0. The van der Waals surface area contributed by atoms with Crippen molar-refractivity contribution in [1.82, 2.24) is 5.43 Å². The minimum atomic E-state index is -0.462. The molecule has 1 aromatic heterocycles. The van der Waals surface area contributed by atoms with Gasteiger partial charge < -0.3 is 9.15 Å². The van der Waals surface area contributed by atoms with Crippen LogP contribution < -0.4 is 10.2 Å². The lowest BCUT2D eigenvalue weighted by molar-refractivity contribution is -0.384. The first kappa shape index (κ1) is 19.8. The molecule has 0 saturated heterocycles. The van der Waals surface area contributed by atoms with E-state index in [2.05, 4.69) is 10.5 Å². The largest absolute Gasteiger partial charge is 0.484 e. The van der Waals surface area contributed by atoms with Gasteiger partial charge in [-0.1, -0.05) is 30.3 Å². The molecule has 4 rings (SSSR count). The number of hydrogen-bond acceptors (Lipinski definition) is 6. The normalized spacial score (nSPS) is 11.0.